The molecule has 0 saturated heterocycles. The Morgan fingerprint density at radius 1 is 0.510 bits per heavy atom. The third-order valence-electron chi connectivity index (χ3n) is 10.6. The molecule has 51 heavy (non-hydrogen) atoms. The van der Waals surface area contributed by atoms with Gasteiger partial charge in [-0.15, -0.1) is 0 Å². The molecule has 4 heteroatoms. The molecule has 0 amide bonds. The van der Waals surface area contributed by atoms with Crippen LogP contribution in [-0.4, -0.2) is 14.5 Å². The summed E-state index contributed by atoms with van der Waals surface area (Å²) in [6.07, 6.45) is 1.98. The van der Waals surface area contributed by atoms with Crippen LogP contribution < -0.4 is 0 Å². The van der Waals surface area contributed by atoms with E-state index >= 15 is 0 Å². The Hall–Kier alpha value is -5.97. The van der Waals surface area contributed by atoms with Crippen LogP contribution in [0.2, 0.25) is 0 Å². The number of aryl methyl sites for hydroxylation is 2. The molecule has 1 spiro atoms. The van der Waals surface area contributed by atoms with Gasteiger partial charge in [0.2, 0.25) is 0 Å². The van der Waals surface area contributed by atoms with E-state index in [4.69, 9.17) is 9.97 Å². The molecule has 0 saturated carbocycles. The van der Waals surface area contributed by atoms with E-state index in [1.807, 2.05) is 24.9 Å². The maximum Gasteiger partial charge on any atom is 0.146 e. The van der Waals surface area contributed by atoms with Crippen molar-refractivity contribution in [2.75, 3.05) is 0 Å². The normalized spacial score (nSPS) is 13.4. The first kappa shape index (κ1) is 29.9. The van der Waals surface area contributed by atoms with Crippen LogP contribution in [0.25, 0.3) is 50.6 Å². The van der Waals surface area contributed by atoms with Crippen molar-refractivity contribution in [2.24, 2.45) is 0 Å². The molecule has 0 radical (unpaired) electrons. The number of hydrogen-bond donors (Lipinski definition) is 0. The second-order valence-electron chi connectivity index (χ2n) is 13.5. The van der Waals surface area contributed by atoms with E-state index < -0.39 is 5.41 Å². The molecule has 2 aliphatic rings. The van der Waals surface area contributed by atoms with Crippen molar-refractivity contribution in [1.82, 2.24) is 14.5 Å². The zero-order valence-corrected chi connectivity index (χ0v) is 29.2. The lowest BCUT2D eigenvalue weighted by atomic mass is 9.67. The summed E-state index contributed by atoms with van der Waals surface area (Å²) < 4.78 is 2.26. The Labute approximate surface area is 302 Å². The van der Waals surface area contributed by atoms with E-state index in [9.17, 15) is 0 Å². The summed E-state index contributed by atoms with van der Waals surface area (Å²) in [6.45, 7) is 4.09. The summed E-state index contributed by atoms with van der Waals surface area (Å²) in [5.41, 5.74) is 16.2. The molecule has 3 nitrogen and oxygen atoms in total. The Kier molecular flexibility index (Phi) is 6.77. The van der Waals surface area contributed by atoms with Gasteiger partial charge in [-0.1, -0.05) is 127 Å². The number of rotatable bonds is 4. The molecule has 242 valence electrons. The number of benzene rings is 6. The second kappa shape index (κ2) is 11.5. The standard InChI is InChI=1S/C47H33N3S/c1-30-20-26-36(31(2)49-30)46-48-29-43(33-12-4-3-5-13-33)50(46)35-24-21-32(22-25-35)34-23-27-38-37-14-6-7-15-39(37)47(42(38)28-34)40-16-8-10-18-44(40)51-45-19-11-9-17-41(45)47/h3-29H,1-2H3. The van der Waals surface area contributed by atoms with Gasteiger partial charge in [-0.3, -0.25) is 9.55 Å². The fourth-order valence-electron chi connectivity index (χ4n) is 8.38. The first-order valence-corrected chi connectivity index (χ1v) is 18.2. The molecule has 2 aromatic heterocycles. The summed E-state index contributed by atoms with van der Waals surface area (Å²) >= 11 is 1.88. The monoisotopic (exact) mass is 671 g/mol. The van der Waals surface area contributed by atoms with Crippen LogP contribution in [0.15, 0.2) is 174 Å². The number of nitrogens with zero attached hydrogens (tertiary/aromatic N) is 3. The topological polar surface area (TPSA) is 30.7 Å². The fraction of sp³-hybridized carbons (Fsp3) is 0.0638. The van der Waals surface area contributed by atoms with Crippen LogP contribution in [0.1, 0.15) is 33.6 Å². The molecule has 0 fully saturated rings. The van der Waals surface area contributed by atoms with Gasteiger partial charge in [-0.25, -0.2) is 4.98 Å². The number of hydrogen-bond acceptors (Lipinski definition) is 3. The van der Waals surface area contributed by atoms with E-state index in [0.717, 1.165) is 39.7 Å². The molecule has 1 aliphatic heterocycles. The molecule has 10 rings (SSSR count). The number of pyridine rings is 1. The third kappa shape index (κ3) is 4.46. The van der Waals surface area contributed by atoms with Crippen LogP contribution >= 0.6 is 11.8 Å². The van der Waals surface area contributed by atoms with Crippen LogP contribution in [0.4, 0.5) is 0 Å². The molecule has 0 unspecified atom stereocenters. The van der Waals surface area contributed by atoms with E-state index in [1.54, 1.807) is 0 Å². The Morgan fingerprint density at radius 2 is 1.12 bits per heavy atom. The number of aromatic nitrogens is 3. The molecule has 1 aliphatic carbocycles. The fourth-order valence-corrected chi connectivity index (χ4v) is 9.57. The zero-order chi connectivity index (χ0) is 34.1. The van der Waals surface area contributed by atoms with Crippen LogP contribution in [-0.2, 0) is 5.41 Å². The average Bonchev–Trinajstić information content (AvgIpc) is 3.74. The summed E-state index contributed by atoms with van der Waals surface area (Å²) in [5, 5.41) is 0. The van der Waals surface area contributed by atoms with Crippen molar-refractivity contribution in [3.63, 3.8) is 0 Å². The maximum atomic E-state index is 4.98. The molecule has 8 aromatic rings. The predicted octanol–water partition coefficient (Wildman–Crippen LogP) is 11.7. The van der Waals surface area contributed by atoms with Crippen molar-refractivity contribution in [2.45, 2.75) is 29.1 Å². The maximum absolute atomic E-state index is 4.98. The summed E-state index contributed by atoms with van der Waals surface area (Å²) in [5.74, 6) is 0.885. The molecular formula is C47H33N3S. The quantitative estimate of drug-likeness (QED) is 0.187. The van der Waals surface area contributed by atoms with Crippen LogP contribution in [0.3, 0.4) is 0 Å². The van der Waals surface area contributed by atoms with Crippen LogP contribution in [0, 0.1) is 13.8 Å². The highest BCUT2D eigenvalue weighted by atomic mass is 32.2. The van der Waals surface area contributed by atoms with Crippen molar-refractivity contribution in [1.29, 1.82) is 0 Å². The molecule has 0 N–H and O–H groups in total. The molecule has 6 aromatic carbocycles. The highest BCUT2D eigenvalue weighted by molar-refractivity contribution is 7.99. The van der Waals surface area contributed by atoms with E-state index in [2.05, 4.69) is 169 Å². The van der Waals surface area contributed by atoms with Gasteiger partial charge in [0.05, 0.1) is 17.3 Å². The SMILES string of the molecule is Cc1ccc(-c2ncc(-c3ccccc3)n2-c2ccc(-c3ccc4c(c3)C3(c5ccccc5Sc5ccccc53)c3ccccc3-4)cc2)c(C)n1. The summed E-state index contributed by atoms with van der Waals surface area (Å²) in [4.78, 5) is 12.4. The average molecular weight is 672 g/mol. The number of imidazole rings is 1. The van der Waals surface area contributed by atoms with E-state index in [0.29, 0.717) is 0 Å². The van der Waals surface area contributed by atoms with Gasteiger partial charge in [-0.2, -0.15) is 0 Å². The molecule has 0 bridgehead atoms. The van der Waals surface area contributed by atoms with Crippen LogP contribution in [0.5, 0.6) is 0 Å². The smallest absolute Gasteiger partial charge is 0.146 e. The highest BCUT2D eigenvalue weighted by Gasteiger charge is 2.50. The van der Waals surface area contributed by atoms with E-state index in [1.165, 1.54) is 54.3 Å². The minimum atomic E-state index is -0.392. The highest BCUT2D eigenvalue weighted by Crippen LogP contribution is 2.62. The lowest BCUT2D eigenvalue weighted by molar-refractivity contribution is 0.722. The zero-order valence-electron chi connectivity index (χ0n) is 28.3. The van der Waals surface area contributed by atoms with Gasteiger partial charge in [0.1, 0.15) is 5.82 Å². The largest absolute Gasteiger partial charge is 0.292 e. The lowest BCUT2D eigenvalue weighted by Gasteiger charge is -2.39. The van der Waals surface area contributed by atoms with Crippen molar-refractivity contribution in [3.8, 4) is 50.6 Å². The second-order valence-corrected chi connectivity index (χ2v) is 14.5. The summed E-state index contributed by atoms with van der Waals surface area (Å²) in [7, 11) is 0. The van der Waals surface area contributed by atoms with Crippen molar-refractivity contribution >= 4 is 11.8 Å². The van der Waals surface area contributed by atoms with Crippen molar-refractivity contribution < 1.29 is 0 Å². The van der Waals surface area contributed by atoms with Gasteiger partial charge in [0, 0.05) is 38.0 Å². The minimum Gasteiger partial charge on any atom is -0.292 e. The Balaban J connectivity index is 1.14. The van der Waals surface area contributed by atoms with Gasteiger partial charge in [-0.05, 0) is 101 Å². The summed E-state index contributed by atoms with van der Waals surface area (Å²) in [6, 6.07) is 57.7. The molecule has 0 atom stereocenters. The molecule has 3 heterocycles. The van der Waals surface area contributed by atoms with Gasteiger partial charge in [0.25, 0.3) is 0 Å². The number of fused-ring (bicyclic) bond motifs is 9. The Bertz CT molecular complexity index is 2590. The van der Waals surface area contributed by atoms with Crippen molar-refractivity contribution in [3.05, 3.63) is 198 Å². The van der Waals surface area contributed by atoms with E-state index in [-0.39, 0.29) is 0 Å². The Morgan fingerprint density at radius 3 is 1.84 bits per heavy atom. The first-order chi connectivity index (χ1) is 25.1. The van der Waals surface area contributed by atoms with Gasteiger partial charge in [0.15, 0.2) is 0 Å². The molecular weight excluding hydrogens is 639 g/mol. The van der Waals surface area contributed by atoms with Gasteiger partial charge < -0.3 is 0 Å². The third-order valence-corrected chi connectivity index (χ3v) is 11.8. The minimum absolute atomic E-state index is 0.392. The van der Waals surface area contributed by atoms with Gasteiger partial charge >= 0.3 is 0 Å². The first-order valence-electron chi connectivity index (χ1n) is 17.4. The predicted molar refractivity (Wildman–Crippen MR) is 209 cm³/mol. The lowest BCUT2D eigenvalue weighted by Crippen LogP contribution is -2.31.